The molecule has 7 heteroatoms. The van der Waals surface area contributed by atoms with Gasteiger partial charge in [0.05, 0.1) is 16.6 Å². The molecule has 16 heavy (non-hydrogen) atoms. The summed E-state index contributed by atoms with van der Waals surface area (Å²) in [5, 5.41) is 0.698. The molecule has 0 aliphatic rings. The second-order valence-corrected chi connectivity index (χ2v) is 6.36. The van der Waals surface area contributed by atoms with E-state index in [4.69, 9.17) is 0 Å². The van der Waals surface area contributed by atoms with Crippen LogP contribution in [0.3, 0.4) is 0 Å². The maximum absolute atomic E-state index is 11.6. The Labute approximate surface area is 94.4 Å². The summed E-state index contributed by atoms with van der Waals surface area (Å²) in [7, 11) is -7.33. The van der Waals surface area contributed by atoms with Crippen LogP contribution >= 0.6 is 0 Å². The van der Waals surface area contributed by atoms with Crippen molar-refractivity contribution in [1.82, 2.24) is 0 Å². The summed E-state index contributed by atoms with van der Waals surface area (Å²) < 4.78 is 48.5. The summed E-state index contributed by atoms with van der Waals surface area (Å²) in [4.78, 5) is 0.0725. The van der Waals surface area contributed by atoms with E-state index in [1.54, 1.807) is 18.2 Å². The summed E-state index contributed by atoms with van der Waals surface area (Å²) in [6, 6.07) is 7.62. The van der Waals surface area contributed by atoms with Gasteiger partial charge in [-0.15, -0.1) is 0 Å². The van der Waals surface area contributed by atoms with Crippen LogP contribution in [0.2, 0.25) is 0 Å². The summed E-state index contributed by atoms with van der Waals surface area (Å²) in [5.41, 5.74) is 0. The van der Waals surface area contributed by atoms with Gasteiger partial charge in [0.1, 0.15) is 6.26 Å². The number of benzene rings is 1. The van der Waals surface area contributed by atoms with Gasteiger partial charge in [-0.25, -0.2) is 8.42 Å². The molecule has 1 aromatic carbocycles. The zero-order valence-electron chi connectivity index (χ0n) is 8.40. The third kappa shape index (κ3) is 4.03. The van der Waals surface area contributed by atoms with E-state index in [1.165, 1.54) is 12.1 Å². The average molecular weight is 262 g/mol. The maximum Gasteiger partial charge on any atom is 0.305 e. The van der Waals surface area contributed by atoms with Gasteiger partial charge in [0.2, 0.25) is 9.84 Å². The zero-order chi connectivity index (χ0) is 12.2. The van der Waals surface area contributed by atoms with Crippen LogP contribution in [0.5, 0.6) is 0 Å². The number of hydrogen-bond acceptors (Lipinski definition) is 5. The molecule has 0 radical (unpaired) electrons. The molecule has 5 nitrogen and oxygen atoms in total. The van der Waals surface area contributed by atoms with Crippen molar-refractivity contribution in [3.8, 4) is 0 Å². The molecule has 0 aliphatic carbocycles. The van der Waals surface area contributed by atoms with Crippen molar-refractivity contribution in [2.24, 2.45) is 0 Å². The van der Waals surface area contributed by atoms with Gasteiger partial charge in [0.15, 0.2) is 0 Å². The van der Waals surface area contributed by atoms with Gasteiger partial charge in [0.25, 0.3) is 0 Å². The van der Waals surface area contributed by atoms with Crippen LogP contribution in [0.15, 0.2) is 46.9 Å². The Kier molecular flexibility index (Phi) is 3.71. The minimum atomic E-state index is -3.68. The molecule has 0 saturated heterocycles. The van der Waals surface area contributed by atoms with Gasteiger partial charge in [-0.2, -0.15) is 8.42 Å². The third-order valence-electron chi connectivity index (χ3n) is 1.54. The Bertz CT molecular complexity index is 570. The second kappa shape index (κ2) is 4.67. The highest BCUT2D eigenvalue weighted by Gasteiger charge is 2.09. The lowest BCUT2D eigenvalue weighted by Gasteiger charge is -1.98. The first-order chi connectivity index (χ1) is 7.31. The molecule has 0 aliphatic heterocycles. The minimum absolute atomic E-state index is 0.0725. The topological polar surface area (TPSA) is 77.5 Å². The summed E-state index contributed by atoms with van der Waals surface area (Å²) in [6.45, 7) is 0. The van der Waals surface area contributed by atoms with E-state index < -0.39 is 20.0 Å². The number of sulfone groups is 1. The lowest BCUT2D eigenvalue weighted by atomic mass is 10.4. The molecule has 0 saturated carbocycles. The molecule has 1 rings (SSSR count). The standard InChI is InChI=1S/C9H10O5S2/c1-15(10,11)14-7-8-16(12,13)9-5-3-2-4-6-9/h2-8H,1H3/b8-7+. The Balaban J connectivity index is 2.90. The average Bonchev–Trinajstić information content (AvgIpc) is 2.17. The molecule has 0 heterocycles. The van der Waals surface area contributed by atoms with Crippen LogP contribution in [-0.2, 0) is 24.1 Å². The minimum Gasteiger partial charge on any atom is -0.390 e. The van der Waals surface area contributed by atoms with Gasteiger partial charge in [-0.3, -0.25) is 0 Å². The molecule has 88 valence electrons. The smallest absolute Gasteiger partial charge is 0.305 e. The van der Waals surface area contributed by atoms with E-state index in [0.29, 0.717) is 11.7 Å². The first-order valence-corrected chi connectivity index (χ1v) is 7.52. The fourth-order valence-electron chi connectivity index (χ4n) is 0.885. The molecule has 0 amide bonds. The zero-order valence-corrected chi connectivity index (χ0v) is 10.0. The Hall–Kier alpha value is -1.34. The molecule has 0 N–H and O–H groups in total. The molecular formula is C9H10O5S2. The van der Waals surface area contributed by atoms with Gasteiger partial charge in [-0.1, -0.05) is 18.2 Å². The normalized spacial score (nSPS) is 12.8. The van der Waals surface area contributed by atoms with E-state index in [2.05, 4.69) is 4.18 Å². The summed E-state index contributed by atoms with van der Waals surface area (Å²) in [6.07, 6.45) is 1.46. The van der Waals surface area contributed by atoms with Crippen molar-refractivity contribution in [1.29, 1.82) is 0 Å². The highest BCUT2D eigenvalue weighted by atomic mass is 32.2. The Morgan fingerprint density at radius 2 is 1.62 bits per heavy atom. The molecule has 0 spiro atoms. The molecule has 0 bridgehead atoms. The highest BCUT2D eigenvalue weighted by molar-refractivity contribution is 7.94. The SMILES string of the molecule is CS(=O)(=O)O/C=C/S(=O)(=O)c1ccccc1. The number of hydrogen-bond donors (Lipinski definition) is 0. The van der Waals surface area contributed by atoms with Crippen LogP contribution in [0.4, 0.5) is 0 Å². The van der Waals surface area contributed by atoms with Gasteiger partial charge < -0.3 is 4.18 Å². The fraction of sp³-hybridized carbons (Fsp3) is 0.111. The Morgan fingerprint density at radius 3 is 2.12 bits per heavy atom. The monoisotopic (exact) mass is 262 g/mol. The third-order valence-corrected chi connectivity index (χ3v) is 3.40. The van der Waals surface area contributed by atoms with Crippen LogP contribution in [0.25, 0.3) is 0 Å². The summed E-state index contributed by atoms with van der Waals surface area (Å²) >= 11 is 0. The van der Waals surface area contributed by atoms with Crippen LogP contribution in [0, 0.1) is 0 Å². The highest BCUT2D eigenvalue weighted by Crippen LogP contribution is 2.11. The van der Waals surface area contributed by atoms with Gasteiger partial charge in [0, 0.05) is 0 Å². The van der Waals surface area contributed by atoms with E-state index in [0.717, 1.165) is 6.26 Å². The van der Waals surface area contributed by atoms with E-state index in [9.17, 15) is 16.8 Å². The van der Waals surface area contributed by atoms with Crippen molar-refractivity contribution in [3.63, 3.8) is 0 Å². The first kappa shape index (κ1) is 12.7. The molecule has 0 unspecified atom stereocenters. The lowest BCUT2D eigenvalue weighted by Crippen LogP contribution is -1.99. The van der Waals surface area contributed by atoms with E-state index in [-0.39, 0.29) is 4.90 Å². The first-order valence-electron chi connectivity index (χ1n) is 4.16. The van der Waals surface area contributed by atoms with Crippen molar-refractivity contribution in [2.45, 2.75) is 4.90 Å². The predicted octanol–water partition coefficient (Wildman–Crippen LogP) is 0.908. The van der Waals surface area contributed by atoms with Gasteiger partial charge in [-0.05, 0) is 12.1 Å². The molecule has 0 fully saturated rings. The second-order valence-electron chi connectivity index (χ2n) is 2.93. The van der Waals surface area contributed by atoms with Crippen molar-refractivity contribution in [2.75, 3.05) is 6.26 Å². The van der Waals surface area contributed by atoms with Crippen molar-refractivity contribution in [3.05, 3.63) is 42.0 Å². The largest absolute Gasteiger partial charge is 0.390 e. The molecule has 1 aromatic rings. The van der Waals surface area contributed by atoms with Crippen LogP contribution < -0.4 is 0 Å². The number of rotatable bonds is 4. The summed E-state index contributed by atoms with van der Waals surface area (Å²) in [5.74, 6) is 0. The molecule has 0 aromatic heterocycles. The van der Waals surface area contributed by atoms with Crippen LogP contribution in [0.1, 0.15) is 0 Å². The van der Waals surface area contributed by atoms with E-state index in [1.807, 2.05) is 0 Å². The lowest BCUT2D eigenvalue weighted by molar-refractivity contribution is 0.450. The maximum atomic E-state index is 11.6. The quantitative estimate of drug-likeness (QED) is 0.595. The van der Waals surface area contributed by atoms with Crippen molar-refractivity contribution < 1.29 is 21.0 Å². The van der Waals surface area contributed by atoms with Crippen LogP contribution in [-0.4, -0.2) is 23.1 Å². The van der Waals surface area contributed by atoms with Crippen molar-refractivity contribution >= 4 is 20.0 Å². The Morgan fingerprint density at radius 1 is 1.06 bits per heavy atom. The fourth-order valence-corrected chi connectivity index (χ4v) is 2.11. The predicted molar refractivity (Wildman–Crippen MR) is 58.7 cm³/mol. The molecular weight excluding hydrogens is 252 g/mol. The van der Waals surface area contributed by atoms with Gasteiger partial charge >= 0.3 is 10.1 Å². The van der Waals surface area contributed by atoms with E-state index >= 15 is 0 Å². The molecule has 0 atom stereocenters.